The summed E-state index contributed by atoms with van der Waals surface area (Å²) in [6, 6.07) is 18.6. The fourth-order valence-electron chi connectivity index (χ4n) is 3.29. The highest BCUT2D eigenvalue weighted by molar-refractivity contribution is 9.10. The molecular formula is C24H16BrN3O6. The highest BCUT2D eigenvalue weighted by Crippen LogP contribution is 2.29. The Morgan fingerprint density at radius 1 is 1.00 bits per heavy atom. The minimum atomic E-state index is -0.998. The number of anilines is 1. The van der Waals surface area contributed by atoms with Gasteiger partial charge in [-0.25, -0.2) is 9.69 Å². The Hall–Kier alpha value is -4.31. The smallest absolute Gasteiger partial charge is 0.335 e. The number of carbonyl (C=O) groups excluding carboxylic acids is 3. The minimum absolute atomic E-state index is 0.0371. The van der Waals surface area contributed by atoms with Gasteiger partial charge >= 0.3 is 6.03 Å². The van der Waals surface area contributed by atoms with Gasteiger partial charge < -0.3 is 4.74 Å². The lowest BCUT2D eigenvalue weighted by atomic mass is 10.1. The van der Waals surface area contributed by atoms with Crippen LogP contribution >= 0.6 is 15.9 Å². The molecule has 1 aliphatic rings. The summed E-state index contributed by atoms with van der Waals surface area (Å²) >= 11 is 3.37. The Morgan fingerprint density at radius 2 is 1.76 bits per heavy atom. The van der Waals surface area contributed by atoms with Gasteiger partial charge in [-0.05, 0) is 35.9 Å². The standard InChI is InChI=1S/C24H16BrN3O6/c25-17-9-10-21(34-14-15-5-2-1-3-6-15)16(11-17)12-20-22(29)26-24(31)27(23(20)30)18-7-4-8-19(13-18)28(32)33/h1-13H,14H2,(H,26,29,31)/b20-12+. The molecule has 0 atom stereocenters. The van der Waals surface area contributed by atoms with Crippen molar-refractivity contribution < 1.29 is 24.0 Å². The van der Waals surface area contributed by atoms with E-state index in [9.17, 15) is 24.5 Å². The molecule has 0 aliphatic carbocycles. The first-order chi connectivity index (χ1) is 16.3. The third kappa shape index (κ3) is 4.86. The van der Waals surface area contributed by atoms with E-state index in [1.807, 2.05) is 30.3 Å². The van der Waals surface area contributed by atoms with Crippen molar-refractivity contribution in [3.05, 3.63) is 104 Å². The van der Waals surface area contributed by atoms with Crippen molar-refractivity contribution in [1.29, 1.82) is 0 Å². The van der Waals surface area contributed by atoms with E-state index in [1.165, 1.54) is 24.3 Å². The number of benzene rings is 3. The number of urea groups is 1. The van der Waals surface area contributed by atoms with Gasteiger partial charge in [0.1, 0.15) is 17.9 Å². The monoisotopic (exact) mass is 521 g/mol. The van der Waals surface area contributed by atoms with E-state index in [0.717, 1.165) is 11.6 Å². The third-order valence-corrected chi connectivity index (χ3v) is 5.40. The van der Waals surface area contributed by atoms with Crippen molar-refractivity contribution in [3.8, 4) is 5.75 Å². The quantitative estimate of drug-likeness (QED) is 0.219. The molecule has 1 heterocycles. The highest BCUT2D eigenvalue weighted by Gasteiger charge is 2.37. The van der Waals surface area contributed by atoms with Crippen LogP contribution in [0, 0.1) is 10.1 Å². The van der Waals surface area contributed by atoms with Crippen LogP contribution in [0.25, 0.3) is 6.08 Å². The van der Waals surface area contributed by atoms with Crippen LogP contribution in [0.2, 0.25) is 0 Å². The normalized spacial score (nSPS) is 14.8. The maximum absolute atomic E-state index is 13.2. The van der Waals surface area contributed by atoms with Crippen molar-refractivity contribution in [1.82, 2.24) is 5.32 Å². The number of nitrogens with zero attached hydrogens (tertiary/aromatic N) is 2. The lowest BCUT2D eigenvalue weighted by Gasteiger charge is -2.26. The minimum Gasteiger partial charge on any atom is -0.488 e. The number of hydrogen-bond acceptors (Lipinski definition) is 6. The zero-order chi connectivity index (χ0) is 24.2. The van der Waals surface area contributed by atoms with Crippen LogP contribution in [0.3, 0.4) is 0 Å². The van der Waals surface area contributed by atoms with Gasteiger partial charge in [-0.1, -0.05) is 52.3 Å². The fraction of sp³-hybridized carbons (Fsp3) is 0.0417. The molecule has 3 aromatic carbocycles. The number of hydrogen-bond donors (Lipinski definition) is 1. The predicted octanol–water partition coefficient (Wildman–Crippen LogP) is 4.60. The van der Waals surface area contributed by atoms with Gasteiger partial charge in [-0.2, -0.15) is 0 Å². The second-order valence-electron chi connectivity index (χ2n) is 7.19. The van der Waals surface area contributed by atoms with Crippen LogP contribution in [0.15, 0.2) is 82.8 Å². The highest BCUT2D eigenvalue weighted by atomic mass is 79.9. The third-order valence-electron chi connectivity index (χ3n) is 4.91. The van der Waals surface area contributed by atoms with E-state index in [4.69, 9.17) is 4.74 Å². The Balaban J connectivity index is 1.69. The zero-order valence-electron chi connectivity index (χ0n) is 17.4. The maximum Gasteiger partial charge on any atom is 0.335 e. The van der Waals surface area contributed by atoms with Gasteiger partial charge in [0, 0.05) is 22.2 Å². The second-order valence-corrected chi connectivity index (χ2v) is 8.11. The lowest BCUT2D eigenvalue weighted by Crippen LogP contribution is -2.54. The van der Waals surface area contributed by atoms with E-state index < -0.39 is 22.8 Å². The summed E-state index contributed by atoms with van der Waals surface area (Å²) in [5.41, 5.74) is 0.692. The van der Waals surface area contributed by atoms with Crippen LogP contribution in [0.5, 0.6) is 5.75 Å². The maximum atomic E-state index is 13.2. The predicted molar refractivity (Wildman–Crippen MR) is 127 cm³/mol. The first-order valence-electron chi connectivity index (χ1n) is 9.95. The molecule has 0 spiro atoms. The summed E-state index contributed by atoms with van der Waals surface area (Å²) in [5.74, 6) is -1.38. The molecule has 0 saturated carbocycles. The van der Waals surface area contributed by atoms with Gasteiger partial charge in [0.2, 0.25) is 0 Å². The summed E-state index contributed by atoms with van der Waals surface area (Å²) in [7, 11) is 0. The molecular weight excluding hydrogens is 506 g/mol. The Morgan fingerprint density at radius 3 is 2.50 bits per heavy atom. The van der Waals surface area contributed by atoms with Crippen molar-refractivity contribution in [3.63, 3.8) is 0 Å². The zero-order valence-corrected chi connectivity index (χ0v) is 19.0. The van der Waals surface area contributed by atoms with Crippen molar-refractivity contribution in [2.24, 2.45) is 0 Å². The molecule has 0 radical (unpaired) electrons. The van der Waals surface area contributed by atoms with E-state index in [0.29, 0.717) is 20.7 Å². The summed E-state index contributed by atoms with van der Waals surface area (Å²) in [5, 5.41) is 13.2. The second kappa shape index (κ2) is 9.67. The average Bonchev–Trinajstić information content (AvgIpc) is 2.82. The van der Waals surface area contributed by atoms with E-state index >= 15 is 0 Å². The van der Waals surface area contributed by atoms with E-state index in [1.54, 1.807) is 18.2 Å². The lowest BCUT2D eigenvalue weighted by molar-refractivity contribution is -0.384. The van der Waals surface area contributed by atoms with Crippen LogP contribution in [-0.4, -0.2) is 22.8 Å². The molecule has 1 N–H and O–H groups in total. The summed E-state index contributed by atoms with van der Waals surface area (Å²) in [6.07, 6.45) is 1.32. The molecule has 34 heavy (non-hydrogen) atoms. The number of carbonyl (C=O) groups is 3. The van der Waals surface area contributed by atoms with Crippen molar-refractivity contribution in [2.45, 2.75) is 6.61 Å². The molecule has 1 saturated heterocycles. The Kier molecular flexibility index (Phi) is 6.51. The summed E-state index contributed by atoms with van der Waals surface area (Å²) in [6.45, 7) is 0.261. The molecule has 1 fully saturated rings. The topological polar surface area (TPSA) is 119 Å². The molecule has 1 aliphatic heterocycles. The first kappa shape index (κ1) is 22.9. The summed E-state index contributed by atoms with van der Waals surface area (Å²) in [4.78, 5) is 49.3. The van der Waals surface area contributed by atoms with Gasteiger partial charge in [-0.3, -0.25) is 25.0 Å². The first-order valence-corrected chi connectivity index (χ1v) is 10.7. The summed E-state index contributed by atoms with van der Waals surface area (Å²) < 4.78 is 6.58. The Labute approximate surface area is 201 Å². The van der Waals surface area contributed by atoms with Crippen LogP contribution in [0.4, 0.5) is 16.2 Å². The Bertz CT molecular complexity index is 1340. The van der Waals surface area contributed by atoms with Crippen LogP contribution in [0.1, 0.15) is 11.1 Å². The molecule has 170 valence electrons. The average molecular weight is 522 g/mol. The largest absolute Gasteiger partial charge is 0.488 e. The molecule has 0 bridgehead atoms. The number of nitrogens with one attached hydrogen (secondary N) is 1. The number of ether oxygens (including phenoxy) is 1. The number of amides is 4. The number of nitro benzene ring substituents is 1. The number of nitro groups is 1. The molecule has 0 aromatic heterocycles. The van der Waals surface area contributed by atoms with Gasteiger partial charge in [0.05, 0.1) is 10.6 Å². The van der Waals surface area contributed by atoms with E-state index in [-0.39, 0.29) is 23.6 Å². The van der Waals surface area contributed by atoms with Gasteiger partial charge in [0.25, 0.3) is 17.5 Å². The van der Waals surface area contributed by atoms with Gasteiger partial charge in [0.15, 0.2) is 0 Å². The van der Waals surface area contributed by atoms with E-state index in [2.05, 4.69) is 21.2 Å². The molecule has 4 amide bonds. The van der Waals surface area contributed by atoms with Crippen LogP contribution in [-0.2, 0) is 16.2 Å². The molecule has 4 rings (SSSR count). The number of halogens is 1. The SMILES string of the molecule is O=C1NC(=O)N(c2cccc([N+](=O)[O-])c2)C(=O)/C1=C/c1cc(Br)ccc1OCc1ccccc1. The number of barbiturate groups is 1. The number of non-ortho nitro benzene ring substituents is 1. The number of imide groups is 2. The van der Waals surface area contributed by atoms with Crippen molar-refractivity contribution >= 4 is 51.2 Å². The number of rotatable bonds is 6. The molecule has 9 nitrogen and oxygen atoms in total. The van der Waals surface area contributed by atoms with Crippen molar-refractivity contribution in [2.75, 3.05) is 4.90 Å². The fourth-order valence-corrected chi connectivity index (χ4v) is 3.67. The van der Waals surface area contributed by atoms with Gasteiger partial charge in [-0.15, -0.1) is 0 Å². The molecule has 10 heteroatoms. The molecule has 0 unspecified atom stereocenters. The molecule has 3 aromatic rings. The van der Waals surface area contributed by atoms with Crippen LogP contribution < -0.4 is 15.0 Å².